The molecular weight excluding hydrogens is 236 g/mol. The number of nitrogens with two attached hydrogens (primary N) is 1. The summed E-state index contributed by atoms with van der Waals surface area (Å²) in [4.78, 5) is 11.0. The Hall–Kier alpha value is -1.58. The van der Waals surface area contributed by atoms with Gasteiger partial charge in [0.15, 0.2) is 0 Å². The second kappa shape index (κ2) is 7.77. The van der Waals surface area contributed by atoms with Gasteiger partial charge in [0.25, 0.3) is 0 Å². The molecule has 0 aromatic rings. The van der Waals surface area contributed by atoms with Crippen molar-refractivity contribution >= 4 is 12.1 Å². The minimum Gasteiger partial charge on any atom is -0.402 e. The van der Waals surface area contributed by atoms with E-state index >= 15 is 0 Å². The summed E-state index contributed by atoms with van der Waals surface area (Å²) in [6, 6.07) is 0. The third kappa shape index (κ3) is 4.89. The molecule has 0 amide bonds. The van der Waals surface area contributed by atoms with Crippen LogP contribution in [0.2, 0.25) is 0 Å². The van der Waals surface area contributed by atoms with Crippen LogP contribution in [0.3, 0.4) is 0 Å². The Morgan fingerprint density at radius 3 is 2.58 bits per heavy atom. The van der Waals surface area contributed by atoms with Crippen molar-refractivity contribution in [3.63, 3.8) is 0 Å². The molecule has 0 radical (unpaired) electrons. The van der Waals surface area contributed by atoms with Crippen molar-refractivity contribution in [3.05, 3.63) is 23.5 Å². The number of hydrogen-bond donors (Lipinski definition) is 1. The van der Waals surface area contributed by atoms with Crippen LogP contribution in [-0.4, -0.2) is 37.1 Å². The molecule has 0 unspecified atom stereocenters. The summed E-state index contributed by atoms with van der Waals surface area (Å²) in [5.74, 6) is 1.65. The molecule has 1 fully saturated rings. The molecule has 4 nitrogen and oxygen atoms in total. The van der Waals surface area contributed by atoms with Crippen molar-refractivity contribution in [2.75, 3.05) is 20.1 Å². The Kier molecular flexibility index (Phi) is 6.33. The Balaban J connectivity index is 2.49. The van der Waals surface area contributed by atoms with Gasteiger partial charge in [0, 0.05) is 37.7 Å². The van der Waals surface area contributed by atoms with Gasteiger partial charge in [0.2, 0.25) is 0 Å². The normalized spacial score (nSPS) is 19.2. The minimum absolute atomic E-state index is 0.671. The minimum atomic E-state index is 0.671. The van der Waals surface area contributed by atoms with Gasteiger partial charge in [-0.1, -0.05) is 13.0 Å². The molecule has 4 heteroatoms. The number of nitrogens with zero attached hydrogens (tertiary/aromatic N) is 3. The van der Waals surface area contributed by atoms with E-state index in [9.17, 15) is 0 Å². The Morgan fingerprint density at radius 2 is 2.11 bits per heavy atom. The van der Waals surface area contributed by atoms with E-state index in [2.05, 4.69) is 27.9 Å². The summed E-state index contributed by atoms with van der Waals surface area (Å²) >= 11 is 0. The van der Waals surface area contributed by atoms with Crippen LogP contribution in [-0.2, 0) is 0 Å². The van der Waals surface area contributed by atoms with Gasteiger partial charge < -0.3 is 10.6 Å². The molecule has 0 saturated carbocycles. The first-order valence-electron chi connectivity index (χ1n) is 6.93. The van der Waals surface area contributed by atoms with Crippen LogP contribution in [0.5, 0.6) is 0 Å². The zero-order valence-corrected chi connectivity index (χ0v) is 12.6. The van der Waals surface area contributed by atoms with Crippen LogP contribution < -0.4 is 5.73 Å². The highest BCUT2D eigenvalue weighted by Crippen LogP contribution is 2.24. The molecule has 1 rings (SSSR count). The van der Waals surface area contributed by atoms with Crippen LogP contribution in [0, 0.1) is 5.92 Å². The number of hydrogen-bond acceptors (Lipinski definition) is 3. The third-order valence-corrected chi connectivity index (χ3v) is 3.10. The predicted octanol–water partition coefficient (Wildman–Crippen LogP) is 2.58. The maximum Gasteiger partial charge on any atom is 0.124 e. The molecular formula is C15H26N4. The van der Waals surface area contributed by atoms with Gasteiger partial charge >= 0.3 is 0 Å². The highest BCUT2D eigenvalue weighted by atomic mass is 15.2. The first-order valence-corrected chi connectivity index (χ1v) is 6.93. The first kappa shape index (κ1) is 15.5. The molecule has 0 aromatic carbocycles. The maximum atomic E-state index is 5.71. The van der Waals surface area contributed by atoms with E-state index in [1.807, 2.05) is 33.2 Å². The van der Waals surface area contributed by atoms with E-state index in [4.69, 9.17) is 5.73 Å². The first-order chi connectivity index (χ1) is 9.10. The second-order valence-corrected chi connectivity index (χ2v) is 4.94. The quantitative estimate of drug-likeness (QED) is 0.611. The van der Waals surface area contributed by atoms with Gasteiger partial charge in [-0.25, -0.2) is 0 Å². The van der Waals surface area contributed by atoms with Gasteiger partial charge in [0.05, 0.1) is 0 Å². The molecule has 0 bridgehead atoms. The fourth-order valence-electron chi connectivity index (χ4n) is 2.27. The number of rotatable bonds is 5. The summed E-state index contributed by atoms with van der Waals surface area (Å²) in [5.41, 5.74) is 7.71. The number of amidine groups is 1. The summed E-state index contributed by atoms with van der Waals surface area (Å²) < 4.78 is 0. The largest absolute Gasteiger partial charge is 0.402 e. The lowest BCUT2D eigenvalue weighted by Crippen LogP contribution is -2.49. The lowest BCUT2D eigenvalue weighted by Gasteiger charge is -2.41. The number of likely N-dealkylation sites (tertiary alicyclic amines) is 1. The molecule has 1 saturated heterocycles. The molecule has 1 aliphatic rings. The zero-order chi connectivity index (χ0) is 14.3. The topological polar surface area (TPSA) is 54.0 Å². The second-order valence-electron chi connectivity index (χ2n) is 4.94. The van der Waals surface area contributed by atoms with E-state index < -0.39 is 0 Å². The van der Waals surface area contributed by atoms with Crippen molar-refractivity contribution in [3.8, 4) is 0 Å². The van der Waals surface area contributed by atoms with Crippen LogP contribution in [0.1, 0.15) is 33.6 Å². The van der Waals surface area contributed by atoms with Crippen molar-refractivity contribution < 1.29 is 0 Å². The highest BCUT2D eigenvalue weighted by molar-refractivity contribution is 5.93. The van der Waals surface area contributed by atoms with Crippen LogP contribution in [0.15, 0.2) is 33.5 Å². The van der Waals surface area contributed by atoms with Crippen molar-refractivity contribution in [2.24, 2.45) is 21.6 Å². The Bertz CT molecular complexity index is 394. The average molecular weight is 262 g/mol. The fraction of sp³-hybridized carbons (Fsp3) is 0.600. The SMILES string of the molecule is CC=N/C(=C\CC)CC1CN(C(/C=C(/C)N)=NC)C1. The fourth-order valence-corrected chi connectivity index (χ4v) is 2.27. The lowest BCUT2D eigenvalue weighted by molar-refractivity contribution is 0.187. The molecule has 0 atom stereocenters. The van der Waals surface area contributed by atoms with E-state index in [0.717, 1.165) is 37.5 Å². The van der Waals surface area contributed by atoms with Gasteiger partial charge in [-0.15, -0.1) is 0 Å². The summed E-state index contributed by atoms with van der Waals surface area (Å²) in [6.45, 7) is 8.08. The Morgan fingerprint density at radius 1 is 1.42 bits per heavy atom. The van der Waals surface area contributed by atoms with E-state index in [1.54, 1.807) is 0 Å². The highest BCUT2D eigenvalue weighted by Gasteiger charge is 2.28. The smallest absolute Gasteiger partial charge is 0.124 e. The zero-order valence-electron chi connectivity index (χ0n) is 12.6. The molecule has 0 aliphatic carbocycles. The van der Waals surface area contributed by atoms with Gasteiger partial charge in [0.1, 0.15) is 5.84 Å². The van der Waals surface area contributed by atoms with Crippen molar-refractivity contribution in [1.82, 2.24) is 4.90 Å². The van der Waals surface area contributed by atoms with Gasteiger partial charge in [-0.05, 0) is 38.7 Å². The van der Waals surface area contributed by atoms with Gasteiger partial charge in [-0.2, -0.15) is 0 Å². The maximum absolute atomic E-state index is 5.71. The molecule has 106 valence electrons. The van der Waals surface area contributed by atoms with E-state index in [1.165, 1.54) is 5.70 Å². The van der Waals surface area contributed by atoms with Gasteiger partial charge in [-0.3, -0.25) is 9.98 Å². The van der Waals surface area contributed by atoms with Crippen molar-refractivity contribution in [1.29, 1.82) is 0 Å². The van der Waals surface area contributed by atoms with E-state index in [0.29, 0.717) is 5.92 Å². The molecule has 2 N–H and O–H groups in total. The molecule has 1 aliphatic heterocycles. The summed E-state index contributed by atoms with van der Waals surface area (Å²) in [5, 5.41) is 0. The number of allylic oxidation sites excluding steroid dienone is 3. The van der Waals surface area contributed by atoms with Crippen LogP contribution >= 0.6 is 0 Å². The molecule has 19 heavy (non-hydrogen) atoms. The summed E-state index contributed by atoms with van der Waals surface area (Å²) in [6.07, 6.45) is 8.11. The Labute approximate surface area is 116 Å². The summed E-state index contributed by atoms with van der Waals surface area (Å²) in [7, 11) is 1.81. The lowest BCUT2D eigenvalue weighted by atomic mass is 9.94. The molecule has 0 spiro atoms. The van der Waals surface area contributed by atoms with Crippen LogP contribution in [0.25, 0.3) is 0 Å². The third-order valence-electron chi connectivity index (χ3n) is 3.10. The average Bonchev–Trinajstić information content (AvgIpc) is 2.31. The van der Waals surface area contributed by atoms with Crippen molar-refractivity contribution in [2.45, 2.75) is 33.6 Å². The standard InChI is InChI=1S/C15H26N4/c1-5-7-14(18-6-2)9-13-10-19(11-13)15(17-4)8-12(3)16/h6-8,13H,5,9-11,16H2,1-4H3/b12-8-,14-7-,17-15?,18-6?. The molecule has 0 aromatic heterocycles. The van der Waals surface area contributed by atoms with Crippen LogP contribution in [0.4, 0.5) is 0 Å². The van der Waals surface area contributed by atoms with E-state index in [-0.39, 0.29) is 0 Å². The molecule has 1 heterocycles. The monoisotopic (exact) mass is 262 g/mol. The number of aliphatic imine (C=N–C) groups is 2. The predicted molar refractivity (Wildman–Crippen MR) is 83.5 cm³/mol.